The number of rotatable bonds is 8. The van der Waals surface area contributed by atoms with Gasteiger partial charge in [0.2, 0.25) is 5.91 Å². The van der Waals surface area contributed by atoms with Crippen molar-refractivity contribution in [1.82, 2.24) is 4.90 Å². The van der Waals surface area contributed by atoms with Gasteiger partial charge in [0.25, 0.3) is 0 Å². The molecule has 0 bridgehead atoms. The van der Waals surface area contributed by atoms with Gasteiger partial charge in [-0.15, -0.1) is 0 Å². The maximum Gasteiger partial charge on any atom is 0.222 e. The van der Waals surface area contributed by atoms with Crippen molar-refractivity contribution in [3.8, 4) is 0 Å². The Morgan fingerprint density at radius 2 is 2.14 bits per heavy atom. The Morgan fingerprint density at radius 3 is 2.71 bits per heavy atom. The maximum absolute atomic E-state index is 13.7. The van der Waals surface area contributed by atoms with Gasteiger partial charge in [-0.2, -0.15) is 0 Å². The number of nitrogens with zero attached hydrogens (tertiary/aromatic N) is 1. The summed E-state index contributed by atoms with van der Waals surface area (Å²) in [5.41, 5.74) is 5.92. The van der Waals surface area contributed by atoms with Crippen molar-refractivity contribution in [2.24, 2.45) is 11.7 Å². The third kappa shape index (κ3) is 5.64. The number of carbonyl (C=O) groups excluding carboxylic acids is 1. The van der Waals surface area contributed by atoms with E-state index in [4.69, 9.17) is 17.3 Å². The van der Waals surface area contributed by atoms with Crippen LogP contribution in [0.25, 0.3) is 0 Å². The average Bonchev–Trinajstić information content (AvgIpc) is 2.46. The molecular weight excluding hydrogens is 291 g/mol. The Kier molecular flexibility index (Phi) is 7.68. The third-order valence-electron chi connectivity index (χ3n) is 3.80. The van der Waals surface area contributed by atoms with Crippen molar-refractivity contribution in [1.29, 1.82) is 0 Å². The van der Waals surface area contributed by atoms with Crippen LogP contribution in [-0.2, 0) is 11.3 Å². The number of hydrogen-bond acceptors (Lipinski definition) is 2. The van der Waals surface area contributed by atoms with E-state index in [1.54, 1.807) is 19.2 Å². The van der Waals surface area contributed by atoms with Crippen LogP contribution >= 0.6 is 11.6 Å². The highest BCUT2D eigenvalue weighted by Gasteiger charge is 2.15. The Bertz CT molecular complexity index is 447. The van der Waals surface area contributed by atoms with Crippen LogP contribution in [0, 0.1) is 11.7 Å². The minimum atomic E-state index is -0.378. The molecule has 1 aromatic carbocycles. The lowest BCUT2D eigenvalue weighted by molar-refractivity contribution is -0.130. The van der Waals surface area contributed by atoms with E-state index in [1.165, 1.54) is 11.0 Å². The van der Waals surface area contributed by atoms with Gasteiger partial charge in [0.1, 0.15) is 5.82 Å². The van der Waals surface area contributed by atoms with E-state index >= 15 is 0 Å². The van der Waals surface area contributed by atoms with Crippen molar-refractivity contribution in [3.05, 3.63) is 34.6 Å². The van der Waals surface area contributed by atoms with Gasteiger partial charge in [0.15, 0.2) is 0 Å². The number of carbonyl (C=O) groups is 1. The molecule has 0 aliphatic rings. The van der Waals surface area contributed by atoms with Gasteiger partial charge < -0.3 is 10.6 Å². The summed E-state index contributed by atoms with van der Waals surface area (Å²) in [6, 6.07) is 4.54. The molecule has 1 rings (SSSR count). The zero-order valence-corrected chi connectivity index (χ0v) is 13.5. The zero-order valence-electron chi connectivity index (χ0n) is 12.7. The third-order valence-corrected chi connectivity index (χ3v) is 4.16. The number of hydrogen-bond donors (Lipinski definition) is 1. The molecule has 0 aliphatic heterocycles. The van der Waals surface area contributed by atoms with Gasteiger partial charge in [-0.25, -0.2) is 4.39 Å². The van der Waals surface area contributed by atoms with Crippen molar-refractivity contribution < 1.29 is 9.18 Å². The number of halogens is 2. The molecule has 0 aromatic heterocycles. The van der Waals surface area contributed by atoms with Gasteiger partial charge in [-0.1, -0.05) is 31.0 Å². The second-order valence-electron chi connectivity index (χ2n) is 5.34. The molecule has 5 heteroatoms. The molecule has 0 spiro atoms. The average molecular weight is 315 g/mol. The Balaban J connectivity index is 2.55. The van der Waals surface area contributed by atoms with Crippen LogP contribution in [0.15, 0.2) is 18.2 Å². The molecule has 0 radical (unpaired) electrons. The first kappa shape index (κ1) is 17.9. The van der Waals surface area contributed by atoms with Gasteiger partial charge in [-0.05, 0) is 37.4 Å². The molecule has 0 saturated carbocycles. The van der Waals surface area contributed by atoms with E-state index in [2.05, 4.69) is 6.92 Å². The van der Waals surface area contributed by atoms with Crippen LogP contribution < -0.4 is 5.73 Å². The van der Waals surface area contributed by atoms with E-state index in [-0.39, 0.29) is 18.3 Å². The number of nitrogens with two attached hydrogens (primary N) is 1. The largest absolute Gasteiger partial charge is 0.341 e. The van der Waals surface area contributed by atoms with Crippen molar-refractivity contribution in [2.75, 3.05) is 13.6 Å². The minimum Gasteiger partial charge on any atom is -0.341 e. The fourth-order valence-corrected chi connectivity index (χ4v) is 2.54. The monoisotopic (exact) mass is 314 g/mol. The van der Waals surface area contributed by atoms with Gasteiger partial charge in [0.05, 0.1) is 0 Å². The van der Waals surface area contributed by atoms with Crippen LogP contribution in [0.3, 0.4) is 0 Å². The molecule has 1 atom stereocenters. The first-order valence-electron chi connectivity index (χ1n) is 7.36. The molecule has 3 nitrogen and oxygen atoms in total. The second-order valence-corrected chi connectivity index (χ2v) is 5.75. The SMILES string of the molecule is CCC(CCN)CCC(=O)N(C)Cc1c(F)cccc1Cl. The molecule has 1 aromatic rings. The van der Waals surface area contributed by atoms with Gasteiger partial charge in [-0.3, -0.25) is 4.79 Å². The van der Waals surface area contributed by atoms with Crippen LogP contribution in [0.2, 0.25) is 5.02 Å². The first-order valence-corrected chi connectivity index (χ1v) is 7.74. The molecule has 2 N–H and O–H groups in total. The highest BCUT2D eigenvalue weighted by Crippen LogP contribution is 2.21. The molecule has 118 valence electrons. The summed E-state index contributed by atoms with van der Waals surface area (Å²) < 4.78 is 13.7. The smallest absolute Gasteiger partial charge is 0.222 e. The summed E-state index contributed by atoms with van der Waals surface area (Å²) in [5.74, 6) is 0.103. The molecular formula is C16H24ClFN2O. The quantitative estimate of drug-likeness (QED) is 0.797. The lowest BCUT2D eigenvalue weighted by Gasteiger charge is -2.20. The maximum atomic E-state index is 13.7. The first-order chi connectivity index (χ1) is 9.99. The summed E-state index contributed by atoms with van der Waals surface area (Å²) in [5, 5.41) is 0.351. The number of benzene rings is 1. The fourth-order valence-electron chi connectivity index (χ4n) is 2.32. The standard InChI is InChI=1S/C16H24ClFN2O/c1-3-12(9-10-19)7-8-16(21)20(2)11-13-14(17)5-4-6-15(13)18/h4-6,12H,3,7-11,19H2,1-2H3. The van der Waals surface area contributed by atoms with Gasteiger partial charge in [0, 0.05) is 30.6 Å². The predicted molar refractivity (Wildman–Crippen MR) is 84.6 cm³/mol. The zero-order chi connectivity index (χ0) is 15.8. The van der Waals surface area contributed by atoms with Gasteiger partial charge >= 0.3 is 0 Å². The Morgan fingerprint density at radius 1 is 1.43 bits per heavy atom. The summed E-state index contributed by atoms with van der Waals surface area (Å²) in [6.45, 7) is 2.94. The summed E-state index contributed by atoms with van der Waals surface area (Å²) in [7, 11) is 1.68. The van der Waals surface area contributed by atoms with Crippen LogP contribution in [0.1, 0.15) is 38.2 Å². The second kappa shape index (κ2) is 9.00. The molecule has 21 heavy (non-hydrogen) atoms. The fraction of sp³-hybridized carbons (Fsp3) is 0.562. The van der Waals surface area contributed by atoms with E-state index in [1.807, 2.05) is 0 Å². The topological polar surface area (TPSA) is 46.3 Å². The minimum absolute atomic E-state index is 0.00444. The summed E-state index contributed by atoms with van der Waals surface area (Å²) in [4.78, 5) is 13.7. The van der Waals surface area contributed by atoms with Crippen molar-refractivity contribution in [2.45, 2.75) is 39.2 Å². The van der Waals surface area contributed by atoms with E-state index in [9.17, 15) is 9.18 Å². The molecule has 0 heterocycles. The molecule has 0 aliphatic carbocycles. The van der Waals surface area contributed by atoms with Crippen LogP contribution in [-0.4, -0.2) is 24.4 Å². The Hall–Kier alpha value is -1.13. The molecule has 0 fully saturated rings. The highest BCUT2D eigenvalue weighted by atomic mass is 35.5. The van der Waals surface area contributed by atoms with E-state index in [0.717, 1.165) is 19.3 Å². The van der Waals surface area contributed by atoms with Crippen molar-refractivity contribution >= 4 is 17.5 Å². The van der Waals surface area contributed by atoms with Crippen LogP contribution in [0.5, 0.6) is 0 Å². The summed E-state index contributed by atoms with van der Waals surface area (Å²) >= 11 is 5.98. The Labute approximate surface area is 131 Å². The molecule has 0 saturated heterocycles. The molecule has 1 amide bonds. The van der Waals surface area contributed by atoms with Crippen molar-refractivity contribution in [3.63, 3.8) is 0 Å². The van der Waals surface area contributed by atoms with E-state index in [0.29, 0.717) is 29.5 Å². The normalized spacial score (nSPS) is 12.2. The lowest BCUT2D eigenvalue weighted by atomic mass is 9.96. The van der Waals surface area contributed by atoms with E-state index < -0.39 is 0 Å². The van der Waals surface area contributed by atoms with Crippen LogP contribution in [0.4, 0.5) is 4.39 Å². The predicted octanol–water partition coefficient (Wildman–Crippen LogP) is 3.59. The summed E-state index contributed by atoms with van der Waals surface area (Å²) in [6.07, 6.45) is 3.24. The molecule has 1 unspecified atom stereocenters. The lowest BCUT2D eigenvalue weighted by Crippen LogP contribution is -2.27. The highest BCUT2D eigenvalue weighted by molar-refractivity contribution is 6.31. The number of amides is 1.